The van der Waals surface area contributed by atoms with E-state index in [4.69, 9.17) is 0 Å². The highest BCUT2D eigenvalue weighted by molar-refractivity contribution is 5.92. The topological polar surface area (TPSA) is 59.6 Å². The molecule has 1 aromatic heterocycles. The first-order chi connectivity index (χ1) is 10.1. The molecule has 0 saturated heterocycles. The molecule has 0 unspecified atom stereocenters. The summed E-state index contributed by atoms with van der Waals surface area (Å²) in [4.78, 5) is 18.6. The number of hydrogen-bond donors (Lipinski definition) is 2. The van der Waals surface area contributed by atoms with E-state index in [0.29, 0.717) is 18.8 Å². The Morgan fingerprint density at radius 1 is 1.14 bits per heavy atom. The molecule has 1 heterocycles. The maximum absolute atomic E-state index is 11.9. The van der Waals surface area contributed by atoms with Crippen LogP contribution in [0, 0.1) is 0 Å². The molecule has 5 heteroatoms. The Kier molecular flexibility index (Phi) is 5.00. The summed E-state index contributed by atoms with van der Waals surface area (Å²) >= 11 is 0. The number of aromatic amines is 1. The van der Waals surface area contributed by atoms with Gasteiger partial charge in [-0.1, -0.05) is 18.2 Å². The van der Waals surface area contributed by atoms with Gasteiger partial charge in [-0.25, -0.2) is 0 Å². The van der Waals surface area contributed by atoms with E-state index >= 15 is 0 Å². The van der Waals surface area contributed by atoms with Crippen LogP contribution in [0.15, 0.2) is 42.5 Å². The summed E-state index contributed by atoms with van der Waals surface area (Å²) in [6.45, 7) is 1.24. The van der Waals surface area contributed by atoms with Gasteiger partial charge in [0.15, 0.2) is 0 Å². The number of hydrogen-bond acceptors (Lipinski definition) is 3. The molecular formula is C16H21N3O2. The number of carbonyl (C=O) groups is 1. The van der Waals surface area contributed by atoms with E-state index in [1.807, 2.05) is 36.4 Å². The van der Waals surface area contributed by atoms with Crippen LogP contribution in [0.2, 0.25) is 0 Å². The Morgan fingerprint density at radius 2 is 1.86 bits per heavy atom. The van der Waals surface area contributed by atoms with Crippen LogP contribution in [-0.2, 0) is 6.54 Å². The van der Waals surface area contributed by atoms with E-state index in [1.54, 1.807) is 20.2 Å². The van der Waals surface area contributed by atoms with Crippen molar-refractivity contribution in [2.75, 3.05) is 32.1 Å². The second kappa shape index (κ2) is 6.95. The van der Waals surface area contributed by atoms with E-state index in [2.05, 4.69) is 9.88 Å². The van der Waals surface area contributed by atoms with Crippen molar-refractivity contribution in [1.82, 2.24) is 9.88 Å². The third-order valence-electron chi connectivity index (χ3n) is 3.24. The summed E-state index contributed by atoms with van der Waals surface area (Å²) < 4.78 is 0. The van der Waals surface area contributed by atoms with Gasteiger partial charge >= 0.3 is 0 Å². The predicted molar refractivity (Wildman–Crippen MR) is 83.4 cm³/mol. The third-order valence-corrected chi connectivity index (χ3v) is 3.24. The number of aliphatic hydroxyl groups excluding tert-OH is 1. The fourth-order valence-corrected chi connectivity index (χ4v) is 2.16. The smallest absolute Gasteiger partial charge is 0.269 e. The second-order valence-corrected chi connectivity index (χ2v) is 5.08. The Balaban J connectivity index is 2.13. The summed E-state index contributed by atoms with van der Waals surface area (Å²) in [5.41, 5.74) is 2.56. The van der Waals surface area contributed by atoms with E-state index in [9.17, 15) is 9.90 Å². The molecule has 0 aliphatic rings. The van der Waals surface area contributed by atoms with Gasteiger partial charge in [-0.3, -0.25) is 4.79 Å². The van der Waals surface area contributed by atoms with Gasteiger partial charge in [0.1, 0.15) is 5.69 Å². The first-order valence-corrected chi connectivity index (χ1v) is 6.92. The first kappa shape index (κ1) is 15.1. The highest BCUT2D eigenvalue weighted by Crippen LogP contribution is 2.16. The third kappa shape index (κ3) is 3.86. The molecule has 1 aromatic carbocycles. The van der Waals surface area contributed by atoms with E-state index in [-0.39, 0.29) is 12.5 Å². The Hall–Kier alpha value is -2.27. The van der Waals surface area contributed by atoms with Crippen LogP contribution in [-0.4, -0.2) is 48.1 Å². The van der Waals surface area contributed by atoms with Crippen molar-refractivity contribution in [3.05, 3.63) is 53.9 Å². The molecule has 0 spiro atoms. The zero-order valence-corrected chi connectivity index (χ0v) is 12.4. The molecule has 21 heavy (non-hydrogen) atoms. The molecule has 1 amide bonds. The van der Waals surface area contributed by atoms with Crippen molar-refractivity contribution in [3.8, 4) is 0 Å². The minimum Gasteiger partial charge on any atom is -0.395 e. The van der Waals surface area contributed by atoms with Gasteiger partial charge in [0, 0.05) is 32.0 Å². The zero-order valence-electron chi connectivity index (χ0n) is 12.4. The number of amides is 1. The van der Waals surface area contributed by atoms with Gasteiger partial charge in [0.2, 0.25) is 0 Å². The normalized spacial score (nSPS) is 10.4. The van der Waals surface area contributed by atoms with Crippen LogP contribution in [0.4, 0.5) is 5.69 Å². The number of H-pyrrole nitrogens is 1. The van der Waals surface area contributed by atoms with E-state index in [0.717, 1.165) is 11.4 Å². The van der Waals surface area contributed by atoms with Crippen LogP contribution in [0.25, 0.3) is 0 Å². The molecular weight excluding hydrogens is 266 g/mol. The largest absolute Gasteiger partial charge is 0.395 e. The lowest BCUT2D eigenvalue weighted by atomic mass is 10.2. The standard InChI is InChI=1S/C16H21N3O2/c1-18(2)16(21)15-9-8-13(17-15)12-19(10-11-20)14-6-4-3-5-7-14/h3-9,17,20H,10-12H2,1-2H3. The molecule has 0 saturated carbocycles. The summed E-state index contributed by atoms with van der Waals surface area (Å²) in [6.07, 6.45) is 0. The van der Waals surface area contributed by atoms with Crippen LogP contribution in [0.5, 0.6) is 0 Å². The lowest BCUT2D eigenvalue weighted by Crippen LogP contribution is -2.26. The number of carbonyl (C=O) groups excluding carboxylic acids is 1. The van der Waals surface area contributed by atoms with Gasteiger partial charge in [0.25, 0.3) is 5.91 Å². The fraction of sp³-hybridized carbons (Fsp3) is 0.312. The molecule has 0 aliphatic carbocycles. The summed E-state index contributed by atoms with van der Waals surface area (Å²) in [5, 5.41) is 9.23. The van der Waals surface area contributed by atoms with Gasteiger partial charge in [-0.2, -0.15) is 0 Å². The van der Waals surface area contributed by atoms with Crippen molar-refractivity contribution in [3.63, 3.8) is 0 Å². The highest BCUT2D eigenvalue weighted by Gasteiger charge is 2.12. The predicted octanol–water partition coefficient (Wildman–Crippen LogP) is 1.72. The molecule has 2 N–H and O–H groups in total. The summed E-state index contributed by atoms with van der Waals surface area (Å²) in [5.74, 6) is -0.0466. The molecule has 0 radical (unpaired) electrons. The molecule has 0 aliphatic heterocycles. The van der Waals surface area contributed by atoms with E-state index < -0.39 is 0 Å². The van der Waals surface area contributed by atoms with Crippen molar-refractivity contribution >= 4 is 11.6 Å². The van der Waals surface area contributed by atoms with Crippen LogP contribution in [0.1, 0.15) is 16.2 Å². The Bertz CT molecular complexity index is 578. The van der Waals surface area contributed by atoms with Crippen molar-refractivity contribution in [2.45, 2.75) is 6.54 Å². The Labute approximate surface area is 124 Å². The molecule has 2 aromatic rings. The molecule has 0 bridgehead atoms. The Morgan fingerprint density at radius 3 is 2.48 bits per heavy atom. The number of aliphatic hydroxyl groups is 1. The van der Waals surface area contributed by atoms with E-state index in [1.165, 1.54) is 4.90 Å². The quantitative estimate of drug-likeness (QED) is 0.850. The minimum atomic E-state index is -0.0466. The zero-order chi connectivity index (χ0) is 15.2. The van der Waals surface area contributed by atoms with Gasteiger partial charge in [-0.05, 0) is 24.3 Å². The van der Waals surface area contributed by atoms with Crippen LogP contribution >= 0.6 is 0 Å². The minimum absolute atomic E-state index is 0.0466. The summed E-state index contributed by atoms with van der Waals surface area (Å²) in [7, 11) is 3.45. The van der Waals surface area contributed by atoms with Gasteiger partial charge in [0.05, 0.1) is 13.2 Å². The number of aromatic nitrogens is 1. The fourth-order valence-electron chi connectivity index (χ4n) is 2.16. The average molecular weight is 287 g/mol. The number of nitrogens with zero attached hydrogens (tertiary/aromatic N) is 2. The SMILES string of the molecule is CN(C)C(=O)c1ccc(CN(CCO)c2ccccc2)[nH]1. The number of anilines is 1. The number of nitrogens with one attached hydrogen (secondary N) is 1. The maximum atomic E-state index is 11.9. The van der Waals surface area contributed by atoms with Crippen molar-refractivity contribution in [1.29, 1.82) is 0 Å². The second-order valence-electron chi connectivity index (χ2n) is 5.08. The molecule has 112 valence electrons. The van der Waals surface area contributed by atoms with Gasteiger partial charge in [-0.15, -0.1) is 0 Å². The molecule has 0 fully saturated rings. The first-order valence-electron chi connectivity index (χ1n) is 6.92. The monoisotopic (exact) mass is 287 g/mol. The average Bonchev–Trinajstić information content (AvgIpc) is 2.95. The molecule has 2 rings (SSSR count). The van der Waals surface area contributed by atoms with Crippen LogP contribution < -0.4 is 4.90 Å². The number of para-hydroxylation sites is 1. The number of rotatable bonds is 6. The molecule has 5 nitrogen and oxygen atoms in total. The maximum Gasteiger partial charge on any atom is 0.269 e. The molecule has 0 atom stereocenters. The van der Waals surface area contributed by atoms with Gasteiger partial charge < -0.3 is 19.9 Å². The van der Waals surface area contributed by atoms with Crippen LogP contribution in [0.3, 0.4) is 0 Å². The summed E-state index contributed by atoms with van der Waals surface area (Å²) in [6, 6.07) is 13.6. The number of benzene rings is 1. The van der Waals surface area contributed by atoms with Crippen molar-refractivity contribution < 1.29 is 9.90 Å². The highest BCUT2D eigenvalue weighted by atomic mass is 16.3. The lowest BCUT2D eigenvalue weighted by Gasteiger charge is -2.23. The lowest BCUT2D eigenvalue weighted by molar-refractivity contribution is 0.0822. The van der Waals surface area contributed by atoms with Crippen molar-refractivity contribution in [2.24, 2.45) is 0 Å².